The van der Waals surface area contributed by atoms with Crippen LogP contribution in [0.2, 0.25) is 0 Å². The summed E-state index contributed by atoms with van der Waals surface area (Å²) in [6.07, 6.45) is 5.61. The van der Waals surface area contributed by atoms with Crippen molar-refractivity contribution < 1.29 is 9.84 Å². The molecule has 248 valence electrons. The number of aliphatic hydroxyl groups excluding tert-OH is 1. The minimum atomic E-state index is 0.0114. The van der Waals surface area contributed by atoms with Crippen molar-refractivity contribution in [3.63, 3.8) is 0 Å². The molecule has 0 aliphatic carbocycles. The maximum Gasteiger partial charge on any atom is 0.108 e. The Balaban J connectivity index is 0.000000194. The van der Waals surface area contributed by atoms with Crippen LogP contribution in [0.3, 0.4) is 0 Å². The molecule has 6 heteroatoms. The summed E-state index contributed by atoms with van der Waals surface area (Å²) in [7, 11) is 4.13. The lowest BCUT2D eigenvalue weighted by Crippen LogP contribution is -2.47. The van der Waals surface area contributed by atoms with Gasteiger partial charge in [-0.1, -0.05) is 103 Å². The summed E-state index contributed by atoms with van der Waals surface area (Å²) in [6, 6.07) is 36.2. The fourth-order valence-corrected chi connectivity index (χ4v) is 6.36. The Hall–Kier alpha value is -3.78. The number of rotatable bonds is 12. The van der Waals surface area contributed by atoms with Gasteiger partial charge in [-0.2, -0.15) is 0 Å². The molecule has 47 heavy (non-hydrogen) atoms. The van der Waals surface area contributed by atoms with Crippen molar-refractivity contribution in [1.29, 1.82) is 0 Å². The third-order valence-electron chi connectivity index (χ3n) is 9.03. The van der Waals surface area contributed by atoms with Gasteiger partial charge in [0.1, 0.15) is 6.10 Å². The number of ether oxygens (including phenoxy) is 1. The Morgan fingerprint density at radius 2 is 1.23 bits per heavy atom. The van der Waals surface area contributed by atoms with E-state index >= 15 is 0 Å². The van der Waals surface area contributed by atoms with E-state index in [0.29, 0.717) is 0 Å². The SMILES string of the molecule is Cc1ccccc1C(OCCN(C)C)c1ccccc1.OCCN1CCN(CCCN2c3ccccc3C=Cc3ccccc32)CC1. The van der Waals surface area contributed by atoms with Gasteiger partial charge in [-0.15, -0.1) is 0 Å². The Bertz CT molecular complexity index is 1480. The molecule has 6 nitrogen and oxygen atoms in total. The van der Waals surface area contributed by atoms with Crippen molar-refractivity contribution in [2.24, 2.45) is 0 Å². The van der Waals surface area contributed by atoms with Crippen molar-refractivity contribution in [3.05, 3.63) is 131 Å². The molecule has 0 radical (unpaired) electrons. The van der Waals surface area contributed by atoms with Gasteiger partial charge in [0.25, 0.3) is 0 Å². The molecule has 0 aromatic heterocycles. The van der Waals surface area contributed by atoms with Crippen molar-refractivity contribution in [2.75, 3.05) is 84.6 Å². The van der Waals surface area contributed by atoms with Crippen LogP contribution < -0.4 is 4.90 Å². The average molecular weight is 633 g/mol. The predicted molar refractivity (Wildman–Crippen MR) is 197 cm³/mol. The highest BCUT2D eigenvalue weighted by Gasteiger charge is 2.20. The van der Waals surface area contributed by atoms with Gasteiger partial charge in [0.2, 0.25) is 0 Å². The second-order valence-electron chi connectivity index (χ2n) is 12.7. The van der Waals surface area contributed by atoms with Crippen molar-refractivity contribution in [1.82, 2.24) is 14.7 Å². The highest BCUT2D eigenvalue weighted by atomic mass is 16.5. The number of aryl methyl sites for hydroxylation is 1. The summed E-state index contributed by atoms with van der Waals surface area (Å²) in [4.78, 5) is 9.53. The zero-order chi connectivity index (χ0) is 32.8. The molecule has 4 aromatic rings. The normalized spacial score (nSPS) is 15.4. The van der Waals surface area contributed by atoms with E-state index in [1.165, 1.54) is 39.2 Å². The van der Waals surface area contributed by atoms with Gasteiger partial charge >= 0.3 is 0 Å². The van der Waals surface area contributed by atoms with E-state index in [2.05, 4.69) is 150 Å². The first kappa shape index (κ1) is 34.6. The van der Waals surface area contributed by atoms with Gasteiger partial charge < -0.3 is 24.5 Å². The number of likely N-dealkylation sites (N-methyl/N-ethyl adjacent to an activating group) is 1. The lowest BCUT2D eigenvalue weighted by molar-refractivity contribution is 0.0683. The van der Waals surface area contributed by atoms with Crippen LogP contribution in [0.25, 0.3) is 12.2 Å². The first-order valence-corrected chi connectivity index (χ1v) is 17.1. The monoisotopic (exact) mass is 632 g/mol. The molecule has 0 spiro atoms. The summed E-state index contributed by atoms with van der Waals surface area (Å²) >= 11 is 0. The van der Waals surface area contributed by atoms with Crippen LogP contribution in [-0.4, -0.2) is 99.5 Å². The van der Waals surface area contributed by atoms with Crippen LogP contribution in [0.1, 0.15) is 40.3 Å². The molecule has 1 atom stereocenters. The largest absolute Gasteiger partial charge is 0.395 e. The molecular weight excluding hydrogens is 580 g/mol. The third kappa shape index (κ3) is 9.86. The molecule has 0 saturated carbocycles. The average Bonchev–Trinajstić information content (AvgIpc) is 3.26. The number of β-amino-alcohol motifs (C(OH)–C–C–N with tert-alkyl or cyclic N) is 1. The van der Waals surface area contributed by atoms with Gasteiger partial charge in [0.05, 0.1) is 13.2 Å². The molecular formula is C41H52N4O2. The zero-order valence-electron chi connectivity index (χ0n) is 28.5. The molecule has 2 heterocycles. The number of hydrogen-bond acceptors (Lipinski definition) is 6. The fraction of sp³-hybridized carbons (Fsp3) is 0.366. The standard InChI is InChI=1S/C23H29N3O.C18H23NO/c27-19-18-25-16-14-24(15-17-25)12-5-13-26-22-8-3-1-6-20(22)10-11-21-7-2-4-9-23(21)26;1-15-9-7-8-12-17(15)18(20-14-13-19(2)3)16-10-5-4-6-11-16/h1-4,6-11,27H,5,12-19H2;4-12,18H,13-14H2,1-3H3. The van der Waals surface area contributed by atoms with Crippen LogP contribution in [0.15, 0.2) is 103 Å². The minimum Gasteiger partial charge on any atom is -0.395 e. The first-order chi connectivity index (χ1) is 23.0. The second-order valence-corrected chi connectivity index (χ2v) is 12.7. The zero-order valence-corrected chi connectivity index (χ0v) is 28.5. The molecule has 2 aliphatic heterocycles. The van der Waals surface area contributed by atoms with E-state index in [4.69, 9.17) is 9.84 Å². The van der Waals surface area contributed by atoms with E-state index in [9.17, 15) is 0 Å². The van der Waals surface area contributed by atoms with Gasteiger partial charge in [-0.25, -0.2) is 0 Å². The Morgan fingerprint density at radius 3 is 1.83 bits per heavy atom. The van der Waals surface area contributed by atoms with Crippen LogP contribution in [0.5, 0.6) is 0 Å². The molecule has 4 aromatic carbocycles. The van der Waals surface area contributed by atoms with Crippen molar-refractivity contribution in [2.45, 2.75) is 19.4 Å². The summed E-state index contributed by atoms with van der Waals surface area (Å²) in [5.41, 5.74) is 8.89. The van der Waals surface area contributed by atoms with Gasteiger partial charge in [-0.3, -0.25) is 4.90 Å². The van der Waals surface area contributed by atoms with Crippen molar-refractivity contribution in [3.8, 4) is 0 Å². The van der Waals surface area contributed by atoms with E-state index < -0.39 is 0 Å². The fourth-order valence-electron chi connectivity index (χ4n) is 6.36. The van der Waals surface area contributed by atoms with Crippen molar-refractivity contribution >= 4 is 23.5 Å². The highest BCUT2D eigenvalue weighted by Crippen LogP contribution is 2.36. The van der Waals surface area contributed by atoms with Crippen LogP contribution >= 0.6 is 0 Å². The Labute approximate surface area is 282 Å². The summed E-state index contributed by atoms with van der Waals surface area (Å²) < 4.78 is 6.16. The third-order valence-corrected chi connectivity index (χ3v) is 9.03. The van der Waals surface area contributed by atoms with Gasteiger partial charge in [0, 0.05) is 57.2 Å². The molecule has 2 aliphatic rings. The van der Waals surface area contributed by atoms with E-state index in [1.807, 2.05) is 6.07 Å². The van der Waals surface area contributed by atoms with Crippen LogP contribution in [0, 0.1) is 6.92 Å². The predicted octanol–water partition coefficient (Wildman–Crippen LogP) is 6.97. The van der Waals surface area contributed by atoms with E-state index in [-0.39, 0.29) is 12.7 Å². The number of piperazine rings is 1. The number of hydrogen-bond donors (Lipinski definition) is 1. The molecule has 6 rings (SSSR count). The van der Waals surface area contributed by atoms with E-state index in [1.54, 1.807) is 0 Å². The lowest BCUT2D eigenvalue weighted by atomic mass is 9.97. The van der Waals surface area contributed by atoms with Gasteiger partial charge in [-0.05, 0) is 73.9 Å². The second kappa shape index (κ2) is 17.9. The minimum absolute atomic E-state index is 0.0114. The number of para-hydroxylation sites is 2. The molecule has 0 amide bonds. The summed E-state index contributed by atoms with van der Waals surface area (Å²) in [5, 5.41) is 9.09. The molecule has 0 bridgehead atoms. The summed E-state index contributed by atoms with van der Waals surface area (Å²) in [6.45, 7) is 11.4. The van der Waals surface area contributed by atoms with Crippen LogP contribution in [0.4, 0.5) is 11.4 Å². The highest BCUT2D eigenvalue weighted by molar-refractivity contribution is 5.88. The maximum atomic E-state index is 9.09. The Kier molecular flexibility index (Phi) is 13.2. The molecule has 1 fully saturated rings. The lowest BCUT2D eigenvalue weighted by Gasteiger charge is -2.35. The number of benzene rings is 4. The summed E-state index contributed by atoms with van der Waals surface area (Å²) in [5.74, 6) is 0. The first-order valence-electron chi connectivity index (χ1n) is 17.1. The topological polar surface area (TPSA) is 42.4 Å². The number of fused-ring (bicyclic) bond motifs is 2. The smallest absolute Gasteiger partial charge is 0.108 e. The quantitative estimate of drug-likeness (QED) is 0.182. The molecule has 1 N–H and O–H groups in total. The Morgan fingerprint density at radius 1 is 0.681 bits per heavy atom. The number of anilines is 2. The van der Waals surface area contributed by atoms with E-state index in [0.717, 1.165) is 65.4 Å². The van der Waals surface area contributed by atoms with Crippen LogP contribution in [-0.2, 0) is 4.74 Å². The molecule has 1 unspecified atom stereocenters. The maximum absolute atomic E-state index is 9.09. The number of nitrogens with zero attached hydrogens (tertiary/aromatic N) is 4. The number of aliphatic hydroxyl groups is 1. The molecule has 1 saturated heterocycles. The van der Waals surface area contributed by atoms with Gasteiger partial charge in [0.15, 0.2) is 0 Å².